The Labute approximate surface area is 177 Å². The first-order chi connectivity index (χ1) is 13.8. The van der Waals surface area contributed by atoms with Crippen LogP contribution in [-0.4, -0.2) is 31.1 Å². The van der Waals surface area contributed by atoms with Crippen molar-refractivity contribution in [3.05, 3.63) is 63.6 Å². The molecule has 0 aliphatic heterocycles. The Hall–Kier alpha value is -2.77. The number of amides is 1. The predicted octanol–water partition coefficient (Wildman–Crippen LogP) is 3.71. The Morgan fingerprint density at radius 3 is 2.38 bits per heavy atom. The summed E-state index contributed by atoms with van der Waals surface area (Å²) < 4.78 is 15.7. The summed E-state index contributed by atoms with van der Waals surface area (Å²) in [5.41, 5.74) is 5.65. The second-order valence-electron chi connectivity index (χ2n) is 5.89. The van der Waals surface area contributed by atoms with E-state index in [2.05, 4.69) is 0 Å². The van der Waals surface area contributed by atoms with Crippen LogP contribution in [0, 0.1) is 0 Å². The second kappa shape index (κ2) is 10.7. The lowest BCUT2D eigenvalue weighted by Crippen LogP contribution is -2.20. The fourth-order valence-electron chi connectivity index (χ4n) is 2.42. The molecule has 0 aliphatic rings. The number of benzene rings is 2. The van der Waals surface area contributed by atoms with E-state index in [0.29, 0.717) is 15.6 Å². The summed E-state index contributed by atoms with van der Waals surface area (Å²) in [6.45, 7) is 1.53. The fraction of sp³-hybridized carbons (Fsp3) is 0.250. The van der Waals surface area contributed by atoms with Crippen molar-refractivity contribution in [2.24, 2.45) is 5.73 Å². The molecule has 0 saturated heterocycles. The summed E-state index contributed by atoms with van der Waals surface area (Å²) in [6, 6.07) is 10.7. The highest BCUT2D eigenvalue weighted by molar-refractivity contribution is 6.34. The first-order valence-electron chi connectivity index (χ1n) is 8.62. The van der Waals surface area contributed by atoms with E-state index in [1.165, 1.54) is 18.2 Å². The smallest absolute Gasteiger partial charge is 0.338 e. The van der Waals surface area contributed by atoms with Crippen molar-refractivity contribution < 1.29 is 28.6 Å². The minimum atomic E-state index is -0.965. The molecule has 0 heterocycles. The van der Waals surface area contributed by atoms with Crippen molar-refractivity contribution >= 4 is 41.0 Å². The van der Waals surface area contributed by atoms with Crippen molar-refractivity contribution in [1.82, 2.24) is 0 Å². The third-order valence-corrected chi connectivity index (χ3v) is 4.05. The van der Waals surface area contributed by atoms with Crippen LogP contribution < -0.4 is 10.5 Å². The van der Waals surface area contributed by atoms with Crippen LogP contribution in [0.4, 0.5) is 0 Å². The van der Waals surface area contributed by atoms with Gasteiger partial charge >= 0.3 is 11.9 Å². The number of carbonyl (C=O) groups excluding carboxylic acids is 3. The molecule has 0 aromatic heterocycles. The van der Waals surface area contributed by atoms with Gasteiger partial charge in [0.2, 0.25) is 0 Å². The molecule has 154 valence electrons. The third-order valence-electron chi connectivity index (χ3n) is 3.61. The van der Waals surface area contributed by atoms with Gasteiger partial charge in [-0.05, 0) is 48.9 Å². The second-order valence-corrected chi connectivity index (χ2v) is 6.76. The highest BCUT2D eigenvalue weighted by Gasteiger charge is 2.23. The predicted molar refractivity (Wildman–Crippen MR) is 107 cm³/mol. The van der Waals surface area contributed by atoms with Crippen molar-refractivity contribution in [1.29, 1.82) is 0 Å². The number of ether oxygens (including phenoxy) is 3. The first kappa shape index (κ1) is 22.5. The number of hydrogen-bond donors (Lipinski definition) is 1. The number of rotatable bonds is 9. The molecule has 7 nitrogen and oxygen atoms in total. The van der Waals surface area contributed by atoms with Crippen LogP contribution in [0.15, 0.2) is 42.5 Å². The Morgan fingerprint density at radius 2 is 1.76 bits per heavy atom. The molecular formula is C20H19Cl2NO6. The molecule has 2 aromatic carbocycles. The zero-order chi connectivity index (χ0) is 21.4. The van der Waals surface area contributed by atoms with Crippen molar-refractivity contribution in [2.45, 2.75) is 19.4 Å². The van der Waals surface area contributed by atoms with Gasteiger partial charge in [-0.25, -0.2) is 4.79 Å². The van der Waals surface area contributed by atoms with Gasteiger partial charge in [-0.2, -0.15) is 0 Å². The summed E-state index contributed by atoms with van der Waals surface area (Å²) in [7, 11) is 0. The van der Waals surface area contributed by atoms with Gasteiger partial charge in [0.1, 0.15) is 11.9 Å². The van der Waals surface area contributed by atoms with Gasteiger partial charge < -0.3 is 19.9 Å². The van der Waals surface area contributed by atoms with Crippen LogP contribution in [-0.2, 0) is 19.1 Å². The molecule has 0 fully saturated rings. The third kappa shape index (κ3) is 7.29. The van der Waals surface area contributed by atoms with Gasteiger partial charge in [-0.15, -0.1) is 0 Å². The van der Waals surface area contributed by atoms with E-state index in [-0.39, 0.29) is 30.9 Å². The molecule has 2 aromatic rings. The quantitative estimate of drug-likeness (QED) is 0.596. The summed E-state index contributed by atoms with van der Waals surface area (Å²) in [6.07, 6.45) is -1.18. The Morgan fingerprint density at radius 1 is 1.07 bits per heavy atom. The largest absolute Gasteiger partial charge is 0.484 e. The molecule has 2 rings (SSSR count). The average molecular weight is 440 g/mol. The Bertz CT molecular complexity index is 882. The first-order valence-corrected chi connectivity index (χ1v) is 9.37. The van der Waals surface area contributed by atoms with E-state index >= 15 is 0 Å². The van der Waals surface area contributed by atoms with Crippen molar-refractivity contribution in [2.75, 3.05) is 13.2 Å². The number of halogens is 2. The lowest BCUT2D eigenvalue weighted by molar-refractivity contribution is -0.145. The molecule has 0 saturated carbocycles. The molecule has 0 unspecified atom stereocenters. The van der Waals surface area contributed by atoms with Crippen LogP contribution in [0.3, 0.4) is 0 Å². The molecule has 9 heteroatoms. The van der Waals surface area contributed by atoms with Gasteiger partial charge in [0.15, 0.2) is 6.61 Å². The van der Waals surface area contributed by atoms with E-state index in [1.54, 1.807) is 31.2 Å². The maximum Gasteiger partial charge on any atom is 0.338 e. The normalized spacial score (nSPS) is 11.4. The van der Waals surface area contributed by atoms with Crippen LogP contribution >= 0.6 is 23.2 Å². The topological polar surface area (TPSA) is 105 Å². The maximum absolute atomic E-state index is 12.6. The van der Waals surface area contributed by atoms with Gasteiger partial charge in [0, 0.05) is 10.0 Å². The number of carbonyl (C=O) groups is 3. The van der Waals surface area contributed by atoms with Crippen LogP contribution in [0.2, 0.25) is 10.0 Å². The summed E-state index contributed by atoms with van der Waals surface area (Å²) in [4.78, 5) is 35.5. The van der Waals surface area contributed by atoms with Crippen molar-refractivity contribution in [3.8, 4) is 5.75 Å². The van der Waals surface area contributed by atoms with Crippen molar-refractivity contribution in [3.63, 3.8) is 0 Å². The molecular weight excluding hydrogens is 421 g/mol. The number of hydrogen-bond acceptors (Lipinski definition) is 6. The molecule has 0 spiro atoms. The monoisotopic (exact) mass is 439 g/mol. The Kier molecular flexibility index (Phi) is 8.30. The zero-order valence-corrected chi connectivity index (χ0v) is 17.0. The molecule has 2 N–H and O–H groups in total. The van der Waals surface area contributed by atoms with E-state index in [1.807, 2.05) is 0 Å². The fourth-order valence-corrected chi connectivity index (χ4v) is 2.97. The molecule has 0 aliphatic carbocycles. The molecule has 29 heavy (non-hydrogen) atoms. The molecule has 0 radical (unpaired) electrons. The van der Waals surface area contributed by atoms with Crippen LogP contribution in [0.5, 0.6) is 5.75 Å². The standard InChI is InChI=1S/C20H19Cl2NO6/c1-2-27-19(25)10-17(13-6-14(21)9-15(22)7-13)29-20(26)12-4-3-5-16(8-12)28-11-18(23)24/h3-9,17H,2,10-11H2,1H3,(H2,23,24)/t17-/m0/s1. The van der Waals surface area contributed by atoms with E-state index in [0.717, 1.165) is 0 Å². The number of nitrogens with two attached hydrogens (primary N) is 1. The maximum atomic E-state index is 12.6. The SMILES string of the molecule is CCOC(=O)C[C@H](OC(=O)c1cccc(OCC(N)=O)c1)c1cc(Cl)cc(Cl)c1. The van der Waals surface area contributed by atoms with Gasteiger partial charge in [0.05, 0.1) is 18.6 Å². The highest BCUT2D eigenvalue weighted by Crippen LogP contribution is 2.29. The van der Waals surface area contributed by atoms with E-state index < -0.39 is 23.9 Å². The van der Waals surface area contributed by atoms with Gasteiger partial charge in [0.25, 0.3) is 5.91 Å². The summed E-state index contributed by atoms with van der Waals surface area (Å²) in [5, 5.41) is 0.665. The van der Waals surface area contributed by atoms with Gasteiger partial charge in [-0.3, -0.25) is 9.59 Å². The summed E-state index contributed by atoms with van der Waals surface area (Å²) in [5.74, 6) is -1.63. The van der Waals surface area contributed by atoms with E-state index in [9.17, 15) is 14.4 Å². The average Bonchev–Trinajstić information content (AvgIpc) is 2.65. The van der Waals surface area contributed by atoms with E-state index in [4.69, 9.17) is 43.1 Å². The summed E-state index contributed by atoms with van der Waals surface area (Å²) >= 11 is 12.1. The minimum absolute atomic E-state index is 0.161. The lowest BCUT2D eigenvalue weighted by Gasteiger charge is -2.18. The van der Waals surface area contributed by atoms with Crippen LogP contribution in [0.1, 0.15) is 35.4 Å². The Balaban J connectivity index is 2.23. The molecule has 1 atom stereocenters. The highest BCUT2D eigenvalue weighted by atomic mass is 35.5. The number of esters is 2. The number of primary amides is 1. The zero-order valence-electron chi connectivity index (χ0n) is 15.5. The van der Waals surface area contributed by atoms with Gasteiger partial charge in [-0.1, -0.05) is 29.3 Å². The molecule has 0 bridgehead atoms. The lowest BCUT2D eigenvalue weighted by atomic mass is 10.1. The van der Waals surface area contributed by atoms with Crippen LogP contribution in [0.25, 0.3) is 0 Å². The minimum Gasteiger partial charge on any atom is -0.484 e. The molecule has 1 amide bonds.